The van der Waals surface area contributed by atoms with Crippen LogP contribution < -0.4 is 5.32 Å². The van der Waals surface area contributed by atoms with Crippen LogP contribution in [0.5, 0.6) is 0 Å². The van der Waals surface area contributed by atoms with Gasteiger partial charge < -0.3 is 9.84 Å². The lowest BCUT2D eigenvalue weighted by Gasteiger charge is -2.06. The predicted octanol–water partition coefficient (Wildman–Crippen LogP) is 4.39. The largest absolute Gasteiger partial charge is 0.360 e. The van der Waals surface area contributed by atoms with Gasteiger partial charge in [0.15, 0.2) is 0 Å². The zero-order chi connectivity index (χ0) is 16.9. The van der Waals surface area contributed by atoms with E-state index in [4.69, 9.17) is 4.52 Å². The lowest BCUT2D eigenvalue weighted by molar-refractivity contribution is 0.0953. The summed E-state index contributed by atoms with van der Waals surface area (Å²) in [5, 5.41) is 7.00. The van der Waals surface area contributed by atoms with Crippen molar-refractivity contribution in [2.75, 3.05) is 6.54 Å². The van der Waals surface area contributed by atoms with Gasteiger partial charge in [0.25, 0.3) is 5.91 Å². The van der Waals surface area contributed by atoms with Crippen LogP contribution in [0.3, 0.4) is 0 Å². The highest BCUT2D eigenvalue weighted by Crippen LogP contribution is 2.26. The van der Waals surface area contributed by atoms with Crippen LogP contribution >= 0.6 is 15.9 Å². The predicted molar refractivity (Wildman–Crippen MR) is 96.9 cm³/mol. The highest BCUT2D eigenvalue weighted by molar-refractivity contribution is 9.10. The van der Waals surface area contributed by atoms with Gasteiger partial charge in [0.2, 0.25) is 0 Å². The molecule has 4 nitrogen and oxygen atoms in total. The number of hydrogen-bond donors (Lipinski definition) is 1. The summed E-state index contributed by atoms with van der Waals surface area (Å²) >= 11 is 3.40. The minimum absolute atomic E-state index is 0.164. The molecule has 0 spiro atoms. The molecular formula is C19H17BrN2O2. The Morgan fingerprint density at radius 2 is 1.83 bits per heavy atom. The Labute approximate surface area is 149 Å². The summed E-state index contributed by atoms with van der Waals surface area (Å²) < 4.78 is 6.22. The highest BCUT2D eigenvalue weighted by atomic mass is 79.9. The molecule has 5 heteroatoms. The van der Waals surface area contributed by atoms with E-state index in [0.29, 0.717) is 23.6 Å². The van der Waals surface area contributed by atoms with Crippen molar-refractivity contribution in [2.45, 2.75) is 13.3 Å². The quantitative estimate of drug-likeness (QED) is 0.709. The Morgan fingerprint density at radius 3 is 2.54 bits per heavy atom. The van der Waals surface area contributed by atoms with Crippen LogP contribution in [-0.4, -0.2) is 17.6 Å². The number of hydrogen-bond acceptors (Lipinski definition) is 3. The van der Waals surface area contributed by atoms with E-state index in [2.05, 4.69) is 26.4 Å². The maximum Gasteiger partial charge on any atom is 0.257 e. The number of nitrogens with zero attached hydrogens (tertiary/aromatic N) is 1. The van der Waals surface area contributed by atoms with E-state index >= 15 is 0 Å². The summed E-state index contributed by atoms with van der Waals surface area (Å²) in [4.78, 5) is 12.6. The number of rotatable bonds is 5. The van der Waals surface area contributed by atoms with Crippen molar-refractivity contribution in [2.24, 2.45) is 0 Å². The number of carbonyl (C=O) groups is 1. The van der Waals surface area contributed by atoms with Gasteiger partial charge in [-0.1, -0.05) is 63.6 Å². The lowest BCUT2D eigenvalue weighted by Crippen LogP contribution is -2.26. The van der Waals surface area contributed by atoms with Crippen molar-refractivity contribution in [1.29, 1.82) is 0 Å². The number of carbonyl (C=O) groups excluding carboxylic acids is 1. The Bertz CT molecular complexity index is 826. The molecule has 2 aromatic carbocycles. The molecule has 0 bridgehead atoms. The number of aryl methyl sites for hydroxylation is 1. The zero-order valence-electron chi connectivity index (χ0n) is 13.3. The third-order valence-corrected chi connectivity index (χ3v) is 4.28. The summed E-state index contributed by atoms with van der Waals surface area (Å²) in [7, 11) is 0. The molecule has 3 aromatic rings. The Kier molecular flexibility index (Phi) is 5.11. The molecule has 0 fully saturated rings. The van der Waals surface area contributed by atoms with E-state index in [0.717, 1.165) is 16.5 Å². The van der Waals surface area contributed by atoms with Gasteiger partial charge >= 0.3 is 0 Å². The number of aromatic nitrogens is 1. The van der Waals surface area contributed by atoms with E-state index in [1.165, 1.54) is 5.56 Å². The summed E-state index contributed by atoms with van der Waals surface area (Å²) in [5.74, 6) is 0.354. The summed E-state index contributed by atoms with van der Waals surface area (Å²) in [5.41, 5.74) is 3.10. The SMILES string of the molecule is Cc1onc(-c2ccc(Br)cc2)c1C(=O)NCCc1ccccc1. The molecule has 3 rings (SSSR count). The van der Waals surface area contributed by atoms with E-state index in [1.807, 2.05) is 54.6 Å². The fourth-order valence-electron chi connectivity index (χ4n) is 2.50. The first-order valence-corrected chi connectivity index (χ1v) is 8.49. The van der Waals surface area contributed by atoms with Gasteiger partial charge in [0.05, 0.1) is 0 Å². The zero-order valence-corrected chi connectivity index (χ0v) is 14.8. The second-order valence-electron chi connectivity index (χ2n) is 5.46. The third kappa shape index (κ3) is 3.74. The first-order chi connectivity index (χ1) is 11.6. The van der Waals surface area contributed by atoms with Gasteiger partial charge in [-0.05, 0) is 31.0 Å². The second-order valence-corrected chi connectivity index (χ2v) is 6.38. The van der Waals surface area contributed by atoms with Crippen molar-refractivity contribution >= 4 is 21.8 Å². The topological polar surface area (TPSA) is 55.1 Å². The normalized spacial score (nSPS) is 10.6. The van der Waals surface area contributed by atoms with Crippen LogP contribution in [0.4, 0.5) is 0 Å². The van der Waals surface area contributed by atoms with Crippen LogP contribution in [0.15, 0.2) is 63.6 Å². The van der Waals surface area contributed by atoms with Crippen molar-refractivity contribution in [1.82, 2.24) is 10.5 Å². The van der Waals surface area contributed by atoms with Gasteiger partial charge in [0, 0.05) is 16.6 Å². The molecule has 0 saturated carbocycles. The third-order valence-electron chi connectivity index (χ3n) is 3.75. The van der Waals surface area contributed by atoms with E-state index in [1.54, 1.807) is 6.92 Å². The van der Waals surface area contributed by atoms with Gasteiger partial charge in [-0.15, -0.1) is 0 Å². The molecule has 0 aliphatic heterocycles. The van der Waals surface area contributed by atoms with E-state index < -0.39 is 0 Å². The molecule has 0 unspecified atom stereocenters. The van der Waals surface area contributed by atoms with Crippen molar-refractivity contribution < 1.29 is 9.32 Å². The summed E-state index contributed by atoms with van der Waals surface area (Å²) in [6.07, 6.45) is 0.782. The Balaban J connectivity index is 1.73. The average Bonchev–Trinajstić information content (AvgIpc) is 2.98. The first kappa shape index (κ1) is 16.5. The van der Waals surface area contributed by atoms with Crippen LogP contribution in [0.2, 0.25) is 0 Å². The lowest BCUT2D eigenvalue weighted by atomic mass is 10.1. The molecule has 24 heavy (non-hydrogen) atoms. The minimum atomic E-state index is -0.164. The van der Waals surface area contributed by atoms with Gasteiger partial charge in [-0.2, -0.15) is 0 Å². The molecule has 1 amide bonds. The van der Waals surface area contributed by atoms with Crippen LogP contribution in [0.1, 0.15) is 21.7 Å². The van der Waals surface area contributed by atoms with Crippen LogP contribution in [0, 0.1) is 6.92 Å². The average molecular weight is 385 g/mol. The molecular weight excluding hydrogens is 368 g/mol. The minimum Gasteiger partial charge on any atom is -0.360 e. The molecule has 0 saturated heterocycles. The standard InChI is InChI=1S/C19H17BrN2O2/c1-13-17(18(22-24-13)15-7-9-16(20)10-8-15)19(23)21-12-11-14-5-3-2-4-6-14/h2-10H,11-12H2,1H3,(H,21,23). The monoisotopic (exact) mass is 384 g/mol. The fraction of sp³-hybridized carbons (Fsp3) is 0.158. The summed E-state index contributed by atoms with van der Waals surface area (Å²) in [6, 6.07) is 17.7. The van der Waals surface area contributed by atoms with Gasteiger partial charge in [-0.3, -0.25) is 4.79 Å². The molecule has 122 valence electrons. The number of benzene rings is 2. The summed E-state index contributed by atoms with van der Waals surface area (Å²) in [6.45, 7) is 2.31. The fourth-order valence-corrected chi connectivity index (χ4v) is 2.76. The highest BCUT2D eigenvalue weighted by Gasteiger charge is 2.21. The second kappa shape index (κ2) is 7.45. The Morgan fingerprint density at radius 1 is 1.12 bits per heavy atom. The first-order valence-electron chi connectivity index (χ1n) is 7.69. The maximum absolute atomic E-state index is 12.6. The van der Waals surface area contributed by atoms with Crippen molar-refractivity contribution in [3.8, 4) is 11.3 Å². The molecule has 1 N–H and O–H groups in total. The molecule has 0 atom stereocenters. The molecule has 0 aliphatic rings. The molecule has 0 aliphatic carbocycles. The smallest absolute Gasteiger partial charge is 0.257 e. The van der Waals surface area contributed by atoms with Crippen LogP contribution in [0.25, 0.3) is 11.3 Å². The maximum atomic E-state index is 12.6. The number of nitrogens with one attached hydrogen (secondary N) is 1. The van der Waals surface area contributed by atoms with Gasteiger partial charge in [-0.25, -0.2) is 0 Å². The molecule has 1 heterocycles. The van der Waals surface area contributed by atoms with E-state index in [9.17, 15) is 4.79 Å². The van der Waals surface area contributed by atoms with Gasteiger partial charge in [0.1, 0.15) is 17.0 Å². The van der Waals surface area contributed by atoms with Crippen LogP contribution in [-0.2, 0) is 6.42 Å². The van der Waals surface area contributed by atoms with Crippen molar-refractivity contribution in [3.63, 3.8) is 0 Å². The number of halogens is 1. The number of amides is 1. The molecule has 1 aromatic heterocycles. The van der Waals surface area contributed by atoms with E-state index in [-0.39, 0.29) is 5.91 Å². The Hall–Kier alpha value is -2.40. The van der Waals surface area contributed by atoms with Crippen molar-refractivity contribution in [3.05, 3.63) is 76.0 Å². The molecule has 0 radical (unpaired) electrons.